The van der Waals surface area contributed by atoms with E-state index in [1.165, 1.54) is 11.8 Å². The number of carbonyl (C=O) groups is 1. The van der Waals surface area contributed by atoms with E-state index < -0.39 is 0 Å². The van der Waals surface area contributed by atoms with Crippen molar-refractivity contribution >= 4 is 45.9 Å². The molecule has 8 heteroatoms. The van der Waals surface area contributed by atoms with Gasteiger partial charge >= 0.3 is 0 Å². The van der Waals surface area contributed by atoms with Crippen molar-refractivity contribution in [1.29, 1.82) is 0 Å². The van der Waals surface area contributed by atoms with Crippen LogP contribution in [0.3, 0.4) is 0 Å². The van der Waals surface area contributed by atoms with E-state index >= 15 is 0 Å². The number of allylic oxidation sites excluding steroid dienone is 1. The molecule has 3 aromatic carbocycles. The summed E-state index contributed by atoms with van der Waals surface area (Å²) >= 11 is 4.77. The van der Waals surface area contributed by atoms with Crippen LogP contribution in [-0.2, 0) is 4.79 Å². The van der Waals surface area contributed by atoms with Crippen molar-refractivity contribution in [3.63, 3.8) is 0 Å². The Morgan fingerprint density at radius 3 is 2.39 bits per heavy atom. The Balaban J connectivity index is 1.43. The first-order chi connectivity index (χ1) is 16.2. The lowest BCUT2D eigenvalue weighted by atomic mass is 10.2. The van der Waals surface area contributed by atoms with Crippen LogP contribution < -0.4 is 5.43 Å². The highest BCUT2D eigenvalue weighted by molar-refractivity contribution is 9.10. The maximum absolute atomic E-state index is 12.3. The second-order valence-electron chi connectivity index (χ2n) is 6.86. The van der Waals surface area contributed by atoms with E-state index in [0.29, 0.717) is 11.0 Å². The van der Waals surface area contributed by atoms with E-state index in [1.807, 2.05) is 95.6 Å². The van der Waals surface area contributed by atoms with Gasteiger partial charge in [-0.1, -0.05) is 94.4 Å². The highest BCUT2D eigenvalue weighted by atomic mass is 79.9. The summed E-state index contributed by atoms with van der Waals surface area (Å²) in [5.74, 6) is 0.642. The Hall–Kier alpha value is -3.49. The molecule has 1 N–H and O–H groups in total. The van der Waals surface area contributed by atoms with Gasteiger partial charge in [0.1, 0.15) is 0 Å². The fraction of sp³-hybridized carbons (Fsp3) is 0.0400. The van der Waals surface area contributed by atoms with Crippen LogP contribution in [0.25, 0.3) is 23.2 Å². The monoisotopic (exact) mass is 517 g/mol. The molecule has 1 aromatic heterocycles. The Kier molecular flexibility index (Phi) is 7.84. The van der Waals surface area contributed by atoms with Crippen molar-refractivity contribution in [3.8, 4) is 17.1 Å². The van der Waals surface area contributed by atoms with Crippen molar-refractivity contribution in [2.75, 3.05) is 5.75 Å². The van der Waals surface area contributed by atoms with E-state index in [0.717, 1.165) is 21.3 Å². The van der Waals surface area contributed by atoms with Gasteiger partial charge in [0.15, 0.2) is 11.0 Å². The molecular weight excluding hydrogens is 498 g/mol. The summed E-state index contributed by atoms with van der Waals surface area (Å²) in [6.45, 7) is 0. The van der Waals surface area contributed by atoms with Gasteiger partial charge < -0.3 is 0 Å². The fourth-order valence-electron chi connectivity index (χ4n) is 2.99. The molecule has 0 saturated heterocycles. The summed E-state index contributed by atoms with van der Waals surface area (Å²) in [7, 11) is 0. The Morgan fingerprint density at radius 1 is 0.970 bits per heavy atom. The molecule has 0 aliphatic rings. The number of rotatable bonds is 8. The zero-order valence-corrected chi connectivity index (χ0v) is 19.9. The number of hydrogen-bond acceptors (Lipinski definition) is 5. The number of carbonyl (C=O) groups excluding carboxylic acids is 1. The van der Waals surface area contributed by atoms with Crippen LogP contribution in [-0.4, -0.2) is 32.6 Å². The molecule has 0 aliphatic heterocycles. The largest absolute Gasteiger partial charge is 0.272 e. The highest BCUT2D eigenvalue weighted by Crippen LogP contribution is 2.28. The SMILES string of the molecule is O=C(CSc1nnc(-c2ccc(Br)cc2)n1-c1ccccc1)N/N=C\C=C\c1ccccc1. The maximum atomic E-state index is 12.3. The molecule has 1 amide bonds. The van der Waals surface area contributed by atoms with Crippen LogP contribution in [0.4, 0.5) is 0 Å². The van der Waals surface area contributed by atoms with Crippen molar-refractivity contribution in [3.05, 3.63) is 101 Å². The summed E-state index contributed by atoms with van der Waals surface area (Å²) < 4.78 is 2.94. The lowest BCUT2D eigenvalue weighted by molar-refractivity contribution is -0.118. The highest BCUT2D eigenvalue weighted by Gasteiger charge is 2.17. The predicted octanol–water partition coefficient (Wildman–Crippen LogP) is 5.60. The van der Waals surface area contributed by atoms with Gasteiger partial charge in [-0.2, -0.15) is 5.10 Å². The minimum atomic E-state index is -0.225. The molecule has 33 heavy (non-hydrogen) atoms. The van der Waals surface area contributed by atoms with Gasteiger partial charge in [0.05, 0.1) is 5.75 Å². The quantitative estimate of drug-likeness (QED) is 0.187. The minimum absolute atomic E-state index is 0.158. The van der Waals surface area contributed by atoms with E-state index in [4.69, 9.17) is 0 Å². The van der Waals surface area contributed by atoms with Crippen LogP contribution in [0.2, 0.25) is 0 Å². The molecule has 0 fully saturated rings. The topological polar surface area (TPSA) is 72.2 Å². The van der Waals surface area contributed by atoms with Crippen LogP contribution in [0, 0.1) is 0 Å². The number of aromatic nitrogens is 3. The standard InChI is InChI=1S/C25H20BrN5OS/c26-21-15-13-20(14-16-21)24-29-30-25(31(24)22-11-5-2-6-12-22)33-18-23(32)28-27-17-7-10-19-8-3-1-4-9-19/h1-17H,18H2,(H,28,32)/b10-7+,27-17-. The molecule has 0 atom stereocenters. The zero-order chi connectivity index (χ0) is 22.9. The molecule has 164 valence electrons. The Morgan fingerprint density at radius 2 is 1.67 bits per heavy atom. The lowest BCUT2D eigenvalue weighted by Gasteiger charge is -2.10. The Labute approximate surface area is 204 Å². The van der Waals surface area contributed by atoms with E-state index in [2.05, 4.69) is 36.7 Å². The smallest absolute Gasteiger partial charge is 0.250 e. The third-order valence-corrected chi connectivity index (χ3v) is 5.98. The second kappa shape index (κ2) is 11.4. The van der Waals surface area contributed by atoms with Crippen molar-refractivity contribution < 1.29 is 4.79 Å². The van der Waals surface area contributed by atoms with Gasteiger partial charge in [0, 0.05) is 21.9 Å². The van der Waals surface area contributed by atoms with Gasteiger partial charge in [-0.3, -0.25) is 9.36 Å². The molecule has 4 aromatic rings. The van der Waals surface area contributed by atoms with Crippen molar-refractivity contribution in [2.45, 2.75) is 5.16 Å². The summed E-state index contributed by atoms with van der Waals surface area (Å²) in [5.41, 5.74) is 5.46. The maximum Gasteiger partial charge on any atom is 0.250 e. The third kappa shape index (κ3) is 6.27. The van der Waals surface area contributed by atoms with E-state index in [-0.39, 0.29) is 11.7 Å². The van der Waals surface area contributed by atoms with E-state index in [1.54, 1.807) is 12.3 Å². The number of benzene rings is 3. The molecule has 4 rings (SSSR count). The molecule has 1 heterocycles. The van der Waals surface area contributed by atoms with Crippen LogP contribution in [0.1, 0.15) is 5.56 Å². The average molecular weight is 518 g/mol. The van der Waals surface area contributed by atoms with Crippen LogP contribution in [0.15, 0.2) is 106 Å². The van der Waals surface area contributed by atoms with Crippen molar-refractivity contribution in [1.82, 2.24) is 20.2 Å². The Bertz CT molecular complexity index is 1260. The molecule has 6 nitrogen and oxygen atoms in total. The second-order valence-corrected chi connectivity index (χ2v) is 8.71. The molecular formula is C25H20BrN5OS. The molecule has 0 saturated carbocycles. The molecule has 0 aliphatic carbocycles. The van der Waals surface area contributed by atoms with Gasteiger partial charge in [-0.25, -0.2) is 5.43 Å². The predicted molar refractivity (Wildman–Crippen MR) is 137 cm³/mol. The first-order valence-electron chi connectivity index (χ1n) is 10.1. The normalized spacial score (nSPS) is 11.3. The lowest BCUT2D eigenvalue weighted by Crippen LogP contribution is -2.19. The number of nitrogens with one attached hydrogen (secondary N) is 1. The third-order valence-electron chi connectivity index (χ3n) is 4.52. The average Bonchev–Trinajstić information content (AvgIpc) is 3.28. The van der Waals surface area contributed by atoms with Crippen molar-refractivity contribution in [2.24, 2.45) is 5.10 Å². The number of halogens is 1. The first-order valence-corrected chi connectivity index (χ1v) is 11.9. The van der Waals surface area contributed by atoms with Gasteiger partial charge in [0.25, 0.3) is 5.91 Å². The van der Waals surface area contributed by atoms with Crippen LogP contribution >= 0.6 is 27.7 Å². The summed E-state index contributed by atoms with van der Waals surface area (Å²) in [6, 6.07) is 27.6. The van der Waals surface area contributed by atoms with Gasteiger partial charge in [-0.05, 0) is 35.9 Å². The fourth-order valence-corrected chi connectivity index (χ4v) is 4.00. The minimum Gasteiger partial charge on any atom is -0.272 e. The number of amides is 1. The van der Waals surface area contributed by atoms with Gasteiger partial charge in [0.2, 0.25) is 0 Å². The number of hydrazone groups is 1. The molecule has 0 bridgehead atoms. The summed E-state index contributed by atoms with van der Waals surface area (Å²) in [6.07, 6.45) is 5.24. The molecule has 0 spiro atoms. The molecule has 0 unspecified atom stereocenters. The summed E-state index contributed by atoms with van der Waals surface area (Å²) in [5, 5.41) is 13.3. The number of hydrogen-bond donors (Lipinski definition) is 1. The number of para-hydroxylation sites is 1. The number of thioether (sulfide) groups is 1. The van der Waals surface area contributed by atoms with E-state index in [9.17, 15) is 4.79 Å². The van der Waals surface area contributed by atoms with Gasteiger partial charge in [-0.15, -0.1) is 10.2 Å². The zero-order valence-electron chi connectivity index (χ0n) is 17.5. The van der Waals surface area contributed by atoms with Crippen LogP contribution in [0.5, 0.6) is 0 Å². The summed E-state index contributed by atoms with van der Waals surface area (Å²) in [4.78, 5) is 12.3. The number of nitrogens with zero attached hydrogens (tertiary/aromatic N) is 4. The molecule has 0 radical (unpaired) electrons. The first kappa shape index (κ1) is 22.7.